The topological polar surface area (TPSA) is 59.2 Å². The van der Waals surface area contributed by atoms with E-state index in [1.807, 2.05) is 53.4 Å². The van der Waals surface area contributed by atoms with E-state index in [2.05, 4.69) is 16.3 Å². The molecule has 5 nitrogen and oxygen atoms in total. The zero-order chi connectivity index (χ0) is 17.2. The largest absolute Gasteiger partial charge is 0.425 e. The monoisotopic (exact) mass is 333 g/mol. The number of benzene rings is 2. The lowest BCUT2D eigenvalue weighted by atomic mass is 9.95. The molecule has 0 N–H and O–H groups in total. The van der Waals surface area contributed by atoms with Crippen LogP contribution in [0.5, 0.6) is 0 Å². The zero-order valence-corrected chi connectivity index (χ0v) is 14.1. The second-order valence-corrected chi connectivity index (χ2v) is 6.25. The van der Waals surface area contributed by atoms with E-state index in [1.165, 1.54) is 5.56 Å². The minimum Gasteiger partial charge on any atom is -0.425 e. The zero-order valence-electron chi connectivity index (χ0n) is 14.1. The number of nitrogens with zero attached hydrogens (tertiary/aromatic N) is 3. The molecule has 5 heteroatoms. The van der Waals surface area contributed by atoms with Gasteiger partial charge in [0.15, 0.2) is 0 Å². The standard InChI is InChI=1S/C20H19N3O2/c1-14-21-22-20(25-14)17(15-7-3-2-4-8-15)13-19(24)23-12-11-16-9-5-6-10-18(16)23/h2-10,17H,11-13H2,1H3. The van der Waals surface area contributed by atoms with Gasteiger partial charge in [-0.3, -0.25) is 4.79 Å². The van der Waals surface area contributed by atoms with Crippen LogP contribution in [0.1, 0.15) is 35.2 Å². The van der Waals surface area contributed by atoms with E-state index in [-0.39, 0.29) is 11.8 Å². The Labute approximate surface area is 146 Å². The van der Waals surface area contributed by atoms with Gasteiger partial charge in [-0.05, 0) is 23.6 Å². The smallest absolute Gasteiger partial charge is 0.228 e. The molecule has 1 atom stereocenters. The molecule has 1 unspecified atom stereocenters. The van der Waals surface area contributed by atoms with Crippen LogP contribution in [0, 0.1) is 6.92 Å². The molecule has 126 valence electrons. The molecule has 3 aromatic rings. The van der Waals surface area contributed by atoms with E-state index in [0.717, 1.165) is 24.2 Å². The highest BCUT2D eigenvalue weighted by Crippen LogP contribution is 2.32. The summed E-state index contributed by atoms with van der Waals surface area (Å²) in [4.78, 5) is 14.9. The molecule has 2 heterocycles. The Balaban J connectivity index is 1.62. The van der Waals surface area contributed by atoms with Gasteiger partial charge >= 0.3 is 0 Å². The van der Waals surface area contributed by atoms with Crippen LogP contribution < -0.4 is 4.90 Å². The van der Waals surface area contributed by atoms with Crippen molar-refractivity contribution in [2.24, 2.45) is 0 Å². The number of carbonyl (C=O) groups excluding carboxylic acids is 1. The summed E-state index contributed by atoms with van der Waals surface area (Å²) in [6.07, 6.45) is 1.21. The van der Waals surface area contributed by atoms with Crippen molar-refractivity contribution >= 4 is 11.6 Å². The quantitative estimate of drug-likeness (QED) is 0.733. The number of fused-ring (bicyclic) bond motifs is 1. The predicted molar refractivity (Wildman–Crippen MR) is 94.4 cm³/mol. The maximum absolute atomic E-state index is 13.0. The van der Waals surface area contributed by atoms with Gasteiger partial charge < -0.3 is 9.32 Å². The van der Waals surface area contributed by atoms with Crippen LogP contribution in [-0.4, -0.2) is 22.6 Å². The minimum absolute atomic E-state index is 0.0784. The number of amides is 1. The number of carbonyl (C=O) groups is 1. The van der Waals surface area contributed by atoms with Gasteiger partial charge in [0.05, 0.1) is 5.92 Å². The summed E-state index contributed by atoms with van der Waals surface area (Å²) in [6.45, 7) is 2.49. The Kier molecular flexibility index (Phi) is 4.06. The molecule has 25 heavy (non-hydrogen) atoms. The van der Waals surface area contributed by atoms with Crippen molar-refractivity contribution in [1.82, 2.24) is 10.2 Å². The molecular weight excluding hydrogens is 314 g/mol. The molecule has 0 radical (unpaired) electrons. The third kappa shape index (κ3) is 3.05. The molecule has 1 amide bonds. The number of aromatic nitrogens is 2. The third-order valence-corrected chi connectivity index (χ3v) is 4.61. The van der Waals surface area contributed by atoms with Gasteiger partial charge in [0.2, 0.25) is 17.7 Å². The van der Waals surface area contributed by atoms with E-state index in [0.29, 0.717) is 18.2 Å². The van der Waals surface area contributed by atoms with E-state index in [1.54, 1.807) is 6.92 Å². The first-order chi connectivity index (χ1) is 12.2. The summed E-state index contributed by atoms with van der Waals surface area (Å²) in [7, 11) is 0. The SMILES string of the molecule is Cc1nnc(C(CC(=O)N2CCc3ccccc32)c2ccccc2)o1. The lowest BCUT2D eigenvalue weighted by Gasteiger charge is -2.20. The average molecular weight is 333 g/mol. The maximum Gasteiger partial charge on any atom is 0.228 e. The fourth-order valence-corrected chi connectivity index (χ4v) is 3.37. The summed E-state index contributed by atoms with van der Waals surface area (Å²) < 4.78 is 5.64. The first-order valence-corrected chi connectivity index (χ1v) is 8.45. The van der Waals surface area contributed by atoms with E-state index in [4.69, 9.17) is 4.42 Å². The summed E-state index contributed by atoms with van der Waals surface area (Å²) >= 11 is 0. The Morgan fingerprint density at radius 1 is 1.12 bits per heavy atom. The Bertz CT molecular complexity index is 889. The highest BCUT2D eigenvalue weighted by Gasteiger charge is 2.29. The molecule has 4 rings (SSSR count). The molecule has 0 bridgehead atoms. The number of para-hydroxylation sites is 1. The van der Waals surface area contributed by atoms with E-state index >= 15 is 0 Å². The molecule has 0 saturated carbocycles. The molecule has 1 aliphatic heterocycles. The lowest BCUT2D eigenvalue weighted by Crippen LogP contribution is -2.30. The molecule has 0 fully saturated rings. The average Bonchev–Trinajstić information content (AvgIpc) is 3.26. The Hall–Kier alpha value is -2.95. The fraction of sp³-hybridized carbons (Fsp3) is 0.250. The van der Waals surface area contributed by atoms with Crippen molar-refractivity contribution in [3.63, 3.8) is 0 Å². The summed E-state index contributed by atoms with van der Waals surface area (Å²) in [6, 6.07) is 17.9. The number of aryl methyl sites for hydroxylation is 1. The third-order valence-electron chi connectivity index (χ3n) is 4.61. The van der Waals surface area contributed by atoms with Gasteiger partial charge in [-0.1, -0.05) is 48.5 Å². The van der Waals surface area contributed by atoms with E-state index in [9.17, 15) is 4.79 Å². The van der Waals surface area contributed by atoms with Crippen molar-refractivity contribution in [2.45, 2.75) is 25.7 Å². The van der Waals surface area contributed by atoms with Crippen molar-refractivity contribution < 1.29 is 9.21 Å². The number of rotatable bonds is 4. The number of anilines is 1. The van der Waals surface area contributed by atoms with Crippen LogP contribution in [-0.2, 0) is 11.2 Å². The van der Waals surface area contributed by atoms with Crippen LogP contribution in [0.2, 0.25) is 0 Å². The molecule has 0 saturated heterocycles. The van der Waals surface area contributed by atoms with Gasteiger partial charge in [-0.2, -0.15) is 0 Å². The second-order valence-electron chi connectivity index (χ2n) is 6.25. The molecule has 0 aliphatic carbocycles. The normalized spacial score (nSPS) is 14.4. The van der Waals surface area contributed by atoms with Gasteiger partial charge in [0, 0.05) is 25.6 Å². The van der Waals surface area contributed by atoms with Crippen LogP contribution >= 0.6 is 0 Å². The van der Waals surface area contributed by atoms with Crippen LogP contribution in [0.25, 0.3) is 0 Å². The first kappa shape index (κ1) is 15.6. The lowest BCUT2D eigenvalue weighted by molar-refractivity contribution is -0.118. The summed E-state index contributed by atoms with van der Waals surface area (Å²) in [5.41, 5.74) is 3.24. The van der Waals surface area contributed by atoms with Crippen LogP contribution in [0.3, 0.4) is 0 Å². The number of hydrogen-bond donors (Lipinski definition) is 0. The molecular formula is C20H19N3O2. The molecule has 2 aromatic carbocycles. The van der Waals surface area contributed by atoms with Gasteiger partial charge in [0.1, 0.15) is 0 Å². The fourth-order valence-electron chi connectivity index (χ4n) is 3.37. The van der Waals surface area contributed by atoms with Crippen molar-refractivity contribution in [2.75, 3.05) is 11.4 Å². The second kappa shape index (κ2) is 6.51. The van der Waals surface area contributed by atoms with Crippen molar-refractivity contribution in [3.8, 4) is 0 Å². The first-order valence-electron chi connectivity index (χ1n) is 8.45. The predicted octanol–water partition coefficient (Wildman–Crippen LogP) is 3.49. The van der Waals surface area contributed by atoms with Crippen molar-refractivity contribution in [3.05, 3.63) is 77.5 Å². The maximum atomic E-state index is 13.0. The summed E-state index contributed by atoms with van der Waals surface area (Å²) in [5.74, 6) is 0.844. The van der Waals surface area contributed by atoms with Crippen LogP contribution in [0.4, 0.5) is 5.69 Å². The highest BCUT2D eigenvalue weighted by atomic mass is 16.4. The minimum atomic E-state index is -0.234. The summed E-state index contributed by atoms with van der Waals surface area (Å²) in [5, 5.41) is 8.09. The van der Waals surface area contributed by atoms with Crippen LogP contribution in [0.15, 0.2) is 59.0 Å². The van der Waals surface area contributed by atoms with E-state index < -0.39 is 0 Å². The number of hydrogen-bond acceptors (Lipinski definition) is 4. The van der Waals surface area contributed by atoms with Gasteiger partial charge in [-0.15, -0.1) is 10.2 Å². The van der Waals surface area contributed by atoms with Crippen molar-refractivity contribution in [1.29, 1.82) is 0 Å². The molecule has 1 aromatic heterocycles. The highest BCUT2D eigenvalue weighted by molar-refractivity contribution is 5.96. The van der Waals surface area contributed by atoms with Gasteiger partial charge in [0.25, 0.3) is 0 Å². The molecule has 1 aliphatic rings. The Morgan fingerprint density at radius 2 is 1.88 bits per heavy atom. The van der Waals surface area contributed by atoms with Gasteiger partial charge in [-0.25, -0.2) is 0 Å². The molecule has 0 spiro atoms. The Morgan fingerprint density at radius 3 is 2.64 bits per heavy atom.